The highest BCUT2D eigenvalue weighted by atomic mass is 32.2. The van der Waals surface area contributed by atoms with Crippen molar-refractivity contribution in [2.24, 2.45) is 0 Å². The monoisotopic (exact) mass is 383 g/mol. The fraction of sp³-hybridized carbons (Fsp3) is 0.300. The maximum atomic E-state index is 12.7. The van der Waals surface area contributed by atoms with Crippen LogP contribution in [-0.2, 0) is 14.8 Å². The molecule has 0 aliphatic carbocycles. The van der Waals surface area contributed by atoms with Gasteiger partial charge < -0.3 is 4.90 Å². The van der Waals surface area contributed by atoms with E-state index >= 15 is 0 Å². The minimum absolute atomic E-state index is 0.103. The van der Waals surface area contributed by atoms with Gasteiger partial charge in [0, 0.05) is 32.6 Å². The molecule has 0 saturated carbocycles. The average Bonchev–Trinajstić information content (AvgIpc) is 2.73. The number of carbonyl (C=O) groups is 1. The van der Waals surface area contributed by atoms with E-state index in [-0.39, 0.29) is 30.3 Å². The molecule has 1 heterocycles. The van der Waals surface area contributed by atoms with Crippen LogP contribution in [0.2, 0.25) is 0 Å². The van der Waals surface area contributed by atoms with Crippen molar-refractivity contribution < 1.29 is 13.2 Å². The van der Waals surface area contributed by atoms with Gasteiger partial charge in [-0.05, 0) is 17.7 Å². The normalized spacial score (nSPS) is 16.5. The number of rotatable bonds is 5. The van der Waals surface area contributed by atoms with E-state index in [1.165, 1.54) is 4.31 Å². The summed E-state index contributed by atoms with van der Waals surface area (Å²) in [6.07, 6.45) is 0.103. The Morgan fingerprint density at radius 3 is 2.07 bits per heavy atom. The molecule has 1 aliphatic heterocycles. The SMILES string of the molecule is N#C[C@@H](CC(=O)N1CCN(S(=O)(=O)c2ccccc2)CC1)c1ccccc1. The Hall–Kier alpha value is -2.69. The predicted molar refractivity (Wildman–Crippen MR) is 101 cm³/mol. The largest absolute Gasteiger partial charge is 0.340 e. The van der Waals surface area contributed by atoms with Crippen LogP contribution in [0.3, 0.4) is 0 Å². The number of amides is 1. The first-order valence-electron chi connectivity index (χ1n) is 8.80. The van der Waals surface area contributed by atoms with E-state index in [1.807, 2.05) is 30.3 Å². The van der Waals surface area contributed by atoms with E-state index in [0.29, 0.717) is 13.1 Å². The minimum Gasteiger partial charge on any atom is -0.340 e. The van der Waals surface area contributed by atoms with Gasteiger partial charge >= 0.3 is 0 Å². The summed E-state index contributed by atoms with van der Waals surface area (Å²) in [5.41, 5.74) is 0.818. The van der Waals surface area contributed by atoms with Crippen LogP contribution in [-0.4, -0.2) is 49.7 Å². The van der Waals surface area contributed by atoms with Crippen molar-refractivity contribution in [1.29, 1.82) is 5.26 Å². The molecule has 0 spiro atoms. The molecular formula is C20H21N3O3S. The third kappa shape index (κ3) is 4.35. The van der Waals surface area contributed by atoms with E-state index in [9.17, 15) is 18.5 Å². The second kappa shape index (κ2) is 8.33. The van der Waals surface area contributed by atoms with Crippen molar-refractivity contribution in [2.75, 3.05) is 26.2 Å². The van der Waals surface area contributed by atoms with E-state index < -0.39 is 15.9 Å². The lowest BCUT2D eigenvalue weighted by Crippen LogP contribution is -2.50. The van der Waals surface area contributed by atoms with Crippen molar-refractivity contribution in [3.63, 3.8) is 0 Å². The van der Waals surface area contributed by atoms with Crippen LogP contribution in [0.15, 0.2) is 65.6 Å². The highest BCUT2D eigenvalue weighted by Crippen LogP contribution is 2.21. The first-order valence-corrected chi connectivity index (χ1v) is 10.2. The fourth-order valence-electron chi connectivity index (χ4n) is 3.15. The number of carbonyl (C=O) groups excluding carboxylic acids is 1. The second-order valence-electron chi connectivity index (χ2n) is 6.39. The van der Waals surface area contributed by atoms with E-state index in [4.69, 9.17) is 0 Å². The summed E-state index contributed by atoms with van der Waals surface area (Å²) in [5.74, 6) is -0.619. The summed E-state index contributed by atoms with van der Waals surface area (Å²) in [6.45, 7) is 1.17. The number of hydrogen-bond acceptors (Lipinski definition) is 4. The highest BCUT2D eigenvalue weighted by Gasteiger charge is 2.30. The molecule has 7 heteroatoms. The number of nitrogens with zero attached hydrogens (tertiary/aromatic N) is 3. The maximum Gasteiger partial charge on any atom is 0.243 e. The van der Waals surface area contributed by atoms with Gasteiger partial charge in [0.25, 0.3) is 0 Å². The van der Waals surface area contributed by atoms with Crippen molar-refractivity contribution in [2.45, 2.75) is 17.2 Å². The lowest BCUT2D eigenvalue weighted by atomic mass is 9.96. The zero-order valence-electron chi connectivity index (χ0n) is 14.9. The zero-order chi connectivity index (χ0) is 19.3. The quantitative estimate of drug-likeness (QED) is 0.793. The summed E-state index contributed by atoms with van der Waals surface area (Å²) in [4.78, 5) is 14.5. The molecule has 0 radical (unpaired) electrons. The van der Waals surface area contributed by atoms with Crippen LogP contribution in [0, 0.1) is 11.3 Å². The molecule has 1 aliphatic rings. The molecule has 1 fully saturated rings. The summed E-state index contributed by atoms with van der Waals surface area (Å²) >= 11 is 0. The van der Waals surface area contributed by atoms with E-state index in [0.717, 1.165) is 5.56 Å². The molecule has 1 saturated heterocycles. The van der Waals surface area contributed by atoms with Gasteiger partial charge in [-0.3, -0.25) is 4.79 Å². The molecule has 140 valence electrons. The fourth-order valence-corrected chi connectivity index (χ4v) is 4.59. The molecule has 2 aromatic rings. The Bertz CT molecular complexity index is 916. The Morgan fingerprint density at radius 1 is 0.963 bits per heavy atom. The van der Waals surface area contributed by atoms with Crippen LogP contribution < -0.4 is 0 Å². The third-order valence-electron chi connectivity index (χ3n) is 4.71. The Kier molecular flexibility index (Phi) is 5.89. The Labute approximate surface area is 159 Å². The topological polar surface area (TPSA) is 81.5 Å². The van der Waals surface area contributed by atoms with E-state index in [2.05, 4.69) is 6.07 Å². The van der Waals surface area contributed by atoms with Crippen LogP contribution in [0.5, 0.6) is 0 Å². The van der Waals surface area contributed by atoms with Gasteiger partial charge in [0.1, 0.15) is 0 Å². The van der Waals surface area contributed by atoms with Gasteiger partial charge in [-0.1, -0.05) is 48.5 Å². The van der Waals surface area contributed by atoms with Crippen LogP contribution in [0.4, 0.5) is 0 Å². The Morgan fingerprint density at radius 2 is 1.52 bits per heavy atom. The number of piperazine rings is 1. The Balaban J connectivity index is 1.60. The first kappa shape index (κ1) is 19.1. The smallest absolute Gasteiger partial charge is 0.243 e. The molecule has 27 heavy (non-hydrogen) atoms. The lowest BCUT2D eigenvalue weighted by Gasteiger charge is -2.34. The lowest BCUT2D eigenvalue weighted by molar-refractivity contribution is -0.132. The standard InChI is InChI=1S/C20H21N3O3S/c21-16-18(17-7-3-1-4-8-17)15-20(24)22-11-13-23(14-12-22)27(25,26)19-9-5-2-6-10-19/h1-10,18H,11-15H2/t18-/m1/s1. The molecular weight excluding hydrogens is 362 g/mol. The molecule has 1 amide bonds. The zero-order valence-corrected chi connectivity index (χ0v) is 15.7. The van der Waals surface area contributed by atoms with Gasteiger partial charge in [-0.25, -0.2) is 8.42 Å². The number of benzene rings is 2. The van der Waals surface area contributed by atoms with Crippen LogP contribution in [0.1, 0.15) is 17.9 Å². The molecule has 0 aromatic heterocycles. The van der Waals surface area contributed by atoms with Gasteiger partial charge in [0.2, 0.25) is 15.9 Å². The van der Waals surface area contributed by atoms with E-state index in [1.54, 1.807) is 35.2 Å². The van der Waals surface area contributed by atoms with Crippen LogP contribution >= 0.6 is 0 Å². The van der Waals surface area contributed by atoms with Crippen LogP contribution in [0.25, 0.3) is 0 Å². The average molecular weight is 383 g/mol. The van der Waals surface area contributed by atoms with Gasteiger partial charge in [-0.15, -0.1) is 0 Å². The summed E-state index contributed by atoms with van der Waals surface area (Å²) in [5, 5.41) is 9.39. The molecule has 0 unspecified atom stereocenters. The van der Waals surface area contributed by atoms with Crippen molar-refractivity contribution in [3.8, 4) is 6.07 Å². The van der Waals surface area contributed by atoms with Gasteiger partial charge in [0.15, 0.2) is 0 Å². The highest BCUT2D eigenvalue weighted by molar-refractivity contribution is 7.89. The summed E-state index contributed by atoms with van der Waals surface area (Å²) < 4.78 is 26.7. The molecule has 0 bridgehead atoms. The molecule has 0 N–H and O–H groups in total. The summed E-state index contributed by atoms with van der Waals surface area (Å²) in [6, 6.07) is 19.7. The third-order valence-corrected chi connectivity index (χ3v) is 6.62. The van der Waals surface area contributed by atoms with Crippen molar-refractivity contribution >= 4 is 15.9 Å². The second-order valence-corrected chi connectivity index (χ2v) is 8.33. The molecule has 1 atom stereocenters. The van der Waals surface area contributed by atoms with Gasteiger partial charge in [-0.2, -0.15) is 9.57 Å². The molecule has 6 nitrogen and oxygen atoms in total. The van der Waals surface area contributed by atoms with Crippen molar-refractivity contribution in [3.05, 3.63) is 66.2 Å². The predicted octanol–water partition coefficient (Wildman–Crippen LogP) is 2.22. The van der Waals surface area contributed by atoms with Crippen molar-refractivity contribution in [1.82, 2.24) is 9.21 Å². The molecule has 3 rings (SSSR count). The van der Waals surface area contributed by atoms with Gasteiger partial charge in [0.05, 0.1) is 16.9 Å². The number of sulfonamides is 1. The molecule has 2 aromatic carbocycles. The number of hydrogen-bond donors (Lipinski definition) is 0. The summed E-state index contributed by atoms with van der Waals surface area (Å²) in [7, 11) is -3.54. The minimum atomic E-state index is -3.54. The first-order chi connectivity index (χ1) is 13.0. The number of nitriles is 1. The maximum absolute atomic E-state index is 12.7.